The fourth-order valence-electron chi connectivity index (χ4n) is 3.39. The Morgan fingerprint density at radius 1 is 0.893 bits per heavy atom. The lowest BCUT2D eigenvalue weighted by molar-refractivity contribution is 0.414. The van der Waals surface area contributed by atoms with E-state index in [9.17, 15) is 0 Å². The number of nitrogen functional groups attached to an aromatic ring is 1. The summed E-state index contributed by atoms with van der Waals surface area (Å²) in [5.74, 6) is 1.01. The predicted molar refractivity (Wildman–Crippen MR) is 117 cm³/mol. The maximum absolute atomic E-state index is 5.91. The molecule has 0 spiro atoms. The van der Waals surface area contributed by atoms with E-state index in [1.54, 1.807) is 7.11 Å². The van der Waals surface area contributed by atoms with Crippen molar-refractivity contribution in [2.75, 3.05) is 12.8 Å². The average Bonchev–Trinajstić information content (AvgIpc) is 3.19. The quantitative estimate of drug-likeness (QED) is 0.457. The molecule has 4 heteroatoms. The van der Waals surface area contributed by atoms with Gasteiger partial charge in [-0.2, -0.15) is 0 Å². The second kappa shape index (κ2) is 8.28. The van der Waals surface area contributed by atoms with Gasteiger partial charge in [0.15, 0.2) is 5.13 Å². The lowest BCUT2D eigenvalue weighted by Gasteiger charge is -2.16. The molecule has 1 atom stereocenters. The lowest BCUT2D eigenvalue weighted by atomic mass is 9.89. The largest absolute Gasteiger partial charge is 0.497 e. The zero-order valence-electron chi connectivity index (χ0n) is 15.7. The van der Waals surface area contributed by atoms with Crippen molar-refractivity contribution in [2.24, 2.45) is 0 Å². The molecule has 1 heterocycles. The molecule has 3 aromatic carbocycles. The highest BCUT2D eigenvalue weighted by molar-refractivity contribution is 7.13. The van der Waals surface area contributed by atoms with Crippen LogP contribution in [0.2, 0.25) is 0 Å². The highest BCUT2D eigenvalue weighted by Gasteiger charge is 2.18. The van der Waals surface area contributed by atoms with Gasteiger partial charge in [0.2, 0.25) is 0 Å². The smallest absolute Gasteiger partial charge is 0.180 e. The number of thiazole rings is 1. The van der Waals surface area contributed by atoms with Crippen molar-refractivity contribution in [2.45, 2.75) is 12.3 Å². The number of rotatable bonds is 6. The van der Waals surface area contributed by atoms with Crippen molar-refractivity contribution < 1.29 is 4.74 Å². The van der Waals surface area contributed by atoms with E-state index in [4.69, 9.17) is 10.5 Å². The first-order chi connectivity index (χ1) is 13.7. The SMILES string of the molecule is COc1ccc(C(Cc2ccc(-c3ccccc3)cc2)c2csc(N)n2)cc1. The summed E-state index contributed by atoms with van der Waals surface area (Å²) in [6.45, 7) is 0. The van der Waals surface area contributed by atoms with E-state index in [-0.39, 0.29) is 5.92 Å². The summed E-state index contributed by atoms with van der Waals surface area (Å²) in [6, 6.07) is 27.4. The Balaban J connectivity index is 1.62. The Labute approximate surface area is 169 Å². The van der Waals surface area contributed by atoms with Crippen molar-refractivity contribution in [3.63, 3.8) is 0 Å². The van der Waals surface area contributed by atoms with Gasteiger partial charge in [0.05, 0.1) is 12.8 Å². The molecular formula is C24H22N2OS. The third kappa shape index (κ3) is 4.07. The van der Waals surface area contributed by atoms with E-state index in [0.29, 0.717) is 5.13 Å². The van der Waals surface area contributed by atoms with Crippen LogP contribution in [0.1, 0.15) is 22.7 Å². The first-order valence-corrected chi connectivity index (χ1v) is 10.1. The first kappa shape index (κ1) is 18.3. The van der Waals surface area contributed by atoms with Crippen molar-refractivity contribution in [1.82, 2.24) is 4.98 Å². The highest BCUT2D eigenvalue weighted by atomic mass is 32.1. The standard InChI is InChI=1S/C24H22N2OS/c1-27-21-13-11-20(12-14-21)22(23-16-28-24(25)26-23)15-17-7-9-19(10-8-17)18-5-3-2-4-6-18/h2-14,16,22H,15H2,1H3,(H2,25,26). The summed E-state index contributed by atoms with van der Waals surface area (Å²) in [6.07, 6.45) is 0.866. The van der Waals surface area contributed by atoms with Crippen molar-refractivity contribution >= 4 is 16.5 Å². The molecule has 0 radical (unpaired) electrons. The third-order valence-corrected chi connectivity index (χ3v) is 5.61. The minimum absolute atomic E-state index is 0.155. The number of hydrogen-bond acceptors (Lipinski definition) is 4. The minimum Gasteiger partial charge on any atom is -0.497 e. The molecule has 28 heavy (non-hydrogen) atoms. The van der Waals surface area contributed by atoms with Gasteiger partial charge in [-0.05, 0) is 40.8 Å². The minimum atomic E-state index is 0.155. The summed E-state index contributed by atoms with van der Waals surface area (Å²) in [5, 5.41) is 2.66. The Kier molecular flexibility index (Phi) is 5.40. The summed E-state index contributed by atoms with van der Waals surface area (Å²) >= 11 is 1.49. The molecule has 0 aliphatic heterocycles. The molecule has 4 rings (SSSR count). The van der Waals surface area contributed by atoms with E-state index in [2.05, 4.69) is 71.0 Å². The molecule has 0 saturated heterocycles. The Hall–Kier alpha value is -3.11. The number of nitrogens with two attached hydrogens (primary N) is 1. The second-order valence-corrected chi connectivity index (χ2v) is 7.59. The summed E-state index contributed by atoms with van der Waals surface area (Å²) in [7, 11) is 1.68. The van der Waals surface area contributed by atoms with Gasteiger partial charge in [-0.25, -0.2) is 4.98 Å². The van der Waals surface area contributed by atoms with Crippen LogP contribution >= 0.6 is 11.3 Å². The predicted octanol–water partition coefficient (Wildman–Crippen LogP) is 5.78. The van der Waals surface area contributed by atoms with E-state index >= 15 is 0 Å². The van der Waals surface area contributed by atoms with Gasteiger partial charge in [-0.1, -0.05) is 66.7 Å². The maximum atomic E-state index is 5.91. The van der Waals surface area contributed by atoms with E-state index in [1.807, 2.05) is 18.2 Å². The Bertz CT molecular complexity index is 1020. The van der Waals surface area contributed by atoms with Crippen LogP contribution in [0.5, 0.6) is 5.75 Å². The summed E-state index contributed by atoms with van der Waals surface area (Å²) in [5.41, 5.74) is 11.9. The van der Waals surface area contributed by atoms with Gasteiger partial charge in [-0.3, -0.25) is 0 Å². The molecule has 2 N–H and O–H groups in total. The molecule has 140 valence electrons. The average molecular weight is 387 g/mol. The number of anilines is 1. The number of aromatic nitrogens is 1. The number of benzene rings is 3. The molecule has 0 bridgehead atoms. The topological polar surface area (TPSA) is 48.1 Å². The second-order valence-electron chi connectivity index (χ2n) is 6.70. The van der Waals surface area contributed by atoms with Crippen LogP contribution in [0, 0.1) is 0 Å². The molecule has 1 unspecified atom stereocenters. The van der Waals surface area contributed by atoms with Gasteiger partial charge in [-0.15, -0.1) is 11.3 Å². The molecule has 0 aliphatic carbocycles. The first-order valence-electron chi connectivity index (χ1n) is 9.22. The Morgan fingerprint density at radius 2 is 1.57 bits per heavy atom. The summed E-state index contributed by atoms with van der Waals surface area (Å²) in [4.78, 5) is 4.56. The van der Waals surface area contributed by atoms with Crippen LogP contribution in [-0.2, 0) is 6.42 Å². The number of ether oxygens (including phenoxy) is 1. The van der Waals surface area contributed by atoms with Gasteiger partial charge < -0.3 is 10.5 Å². The fraction of sp³-hybridized carbons (Fsp3) is 0.125. The zero-order chi connectivity index (χ0) is 19.3. The van der Waals surface area contributed by atoms with Crippen LogP contribution in [0.3, 0.4) is 0 Å². The van der Waals surface area contributed by atoms with Crippen LogP contribution in [-0.4, -0.2) is 12.1 Å². The van der Waals surface area contributed by atoms with Gasteiger partial charge in [0.25, 0.3) is 0 Å². The van der Waals surface area contributed by atoms with Gasteiger partial charge in [0, 0.05) is 11.3 Å². The molecule has 3 nitrogen and oxygen atoms in total. The number of methoxy groups -OCH3 is 1. The molecule has 1 aromatic heterocycles. The highest BCUT2D eigenvalue weighted by Crippen LogP contribution is 2.32. The summed E-state index contributed by atoms with van der Waals surface area (Å²) < 4.78 is 5.30. The van der Waals surface area contributed by atoms with Crippen LogP contribution in [0.4, 0.5) is 5.13 Å². The van der Waals surface area contributed by atoms with Crippen molar-refractivity contribution in [1.29, 1.82) is 0 Å². The van der Waals surface area contributed by atoms with E-state index in [0.717, 1.165) is 17.9 Å². The van der Waals surface area contributed by atoms with Crippen LogP contribution < -0.4 is 10.5 Å². The fourth-order valence-corrected chi connectivity index (χ4v) is 4.01. The van der Waals surface area contributed by atoms with Crippen LogP contribution in [0.15, 0.2) is 84.2 Å². The molecule has 4 aromatic rings. The van der Waals surface area contributed by atoms with E-state index in [1.165, 1.54) is 33.6 Å². The maximum Gasteiger partial charge on any atom is 0.180 e. The molecule has 0 saturated carbocycles. The zero-order valence-corrected chi connectivity index (χ0v) is 16.5. The van der Waals surface area contributed by atoms with Crippen LogP contribution in [0.25, 0.3) is 11.1 Å². The molecular weight excluding hydrogens is 364 g/mol. The lowest BCUT2D eigenvalue weighted by Crippen LogP contribution is -2.06. The van der Waals surface area contributed by atoms with E-state index < -0.39 is 0 Å². The number of hydrogen-bond donors (Lipinski definition) is 1. The van der Waals surface area contributed by atoms with Crippen molar-refractivity contribution in [3.05, 3.63) is 101 Å². The monoisotopic (exact) mass is 386 g/mol. The Morgan fingerprint density at radius 3 is 2.18 bits per heavy atom. The molecule has 0 aliphatic rings. The molecule has 0 fully saturated rings. The third-order valence-electron chi connectivity index (χ3n) is 4.92. The van der Waals surface area contributed by atoms with Crippen molar-refractivity contribution in [3.8, 4) is 16.9 Å². The number of nitrogens with zero attached hydrogens (tertiary/aromatic N) is 1. The normalized spacial score (nSPS) is 11.9. The van der Waals surface area contributed by atoms with Gasteiger partial charge in [0.1, 0.15) is 5.75 Å². The van der Waals surface area contributed by atoms with Gasteiger partial charge >= 0.3 is 0 Å². The molecule has 0 amide bonds.